The largest absolute Gasteiger partial charge is 0.496 e. The number of ether oxygens (including phenoxy) is 1. The van der Waals surface area contributed by atoms with Gasteiger partial charge in [-0.3, -0.25) is 0 Å². The van der Waals surface area contributed by atoms with E-state index in [0.29, 0.717) is 0 Å². The van der Waals surface area contributed by atoms with Crippen LogP contribution in [0.4, 0.5) is 0 Å². The van der Waals surface area contributed by atoms with Gasteiger partial charge in [0.15, 0.2) is 0 Å². The molecule has 0 aromatic heterocycles. The zero-order chi connectivity index (χ0) is 10.4. The van der Waals surface area contributed by atoms with E-state index in [-0.39, 0.29) is 0 Å². The first-order valence-electron chi connectivity index (χ1n) is 4.39. The minimum atomic E-state index is 0.719. The summed E-state index contributed by atoms with van der Waals surface area (Å²) in [6.45, 7) is 0. The molecule has 1 rings (SSSR count). The molecule has 3 heteroatoms. The van der Waals surface area contributed by atoms with Crippen LogP contribution >= 0.6 is 24.2 Å². The van der Waals surface area contributed by atoms with Crippen LogP contribution < -0.4 is 4.74 Å². The molecule has 0 bridgehead atoms. The van der Waals surface area contributed by atoms with Crippen LogP contribution in [0.15, 0.2) is 24.3 Å². The molecule has 14 heavy (non-hydrogen) atoms. The van der Waals surface area contributed by atoms with Crippen molar-refractivity contribution in [2.75, 3.05) is 12.9 Å². The Morgan fingerprint density at radius 2 is 2.29 bits per heavy atom. The van der Waals surface area contributed by atoms with Gasteiger partial charge in [-0.2, -0.15) is 12.6 Å². The maximum Gasteiger partial charge on any atom is 0.126 e. The summed E-state index contributed by atoms with van der Waals surface area (Å²) in [4.78, 5) is 0. The highest BCUT2D eigenvalue weighted by atomic mass is 35.5. The summed E-state index contributed by atoms with van der Waals surface area (Å²) in [7, 11) is 1.65. The lowest BCUT2D eigenvalue weighted by molar-refractivity contribution is 0.414. The molecule has 0 aliphatic rings. The van der Waals surface area contributed by atoms with Crippen LogP contribution in [0.1, 0.15) is 12.0 Å². The minimum absolute atomic E-state index is 0.719. The second-order valence-corrected chi connectivity index (χ2v) is 3.68. The zero-order valence-electron chi connectivity index (χ0n) is 8.03. The Morgan fingerprint density at radius 1 is 1.50 bits per heavy atom. The zero-order valence-corrected chi connectivity index (χ0v) is 9.68. The Kier molecular flexibility index (Phi) is 4.91. The monoisotopic (exact) mass is 228 g/mol. The molecule has 0 spiro atoms. The minimum Gasteiger partial charge on any atom is -0.496 e. The van der Waals surface area contributed by atoms with Crippen LogP contribution in [-0.4, -0.2) is 12.9 Å². The summed E-state index contributed by atoms with van der Waals surface area (Å²) in [6.07, 6.45) is 5.00. The summed E-state index contributed by atoms with van der Waals surface area (Å²) in [5, 5.41) is 0.719. The van der Waals surface area contributed by atoms with Gasteiger partial charge >= 0.3 is 0 Å². The molecule has 0 aliphatic heterocycles. The fourth-order valence-electron chi connectivity index (χ4n) is 1.12. The summed E-state index contributed by atoms with van der Waals surface area (Å²) in [6, 6.07) is 5.56. The number of methoxy groups -OCH3 is 1. The van der Waals surface area contributed by atoms with Gasteiger partial charge in [0.25, 0.3) is 0 Å². The smallest absolute Gasteiger partial charge is 0.126 e. The Balaban J connectivity index is 2.87. The molecule has 1 aromatic carbocycles. The van der Waals surface area contributed by atoms with Crippen molar-refractivity contribution < 1.29 is 4.74 Å². The fourth-order valence-corrected chi connectivity index (χ4v) is 1.45. The van der Waals surface area contributed by atoms with Gasteiger partial charge in [0.2, 0.25) is 0 Å². The highest BCUT2D eigenvalue weighted by molar-refractivity contribution is 7.80. The lowest BCUT2D eigenvalue weighted by atomic mass is 10.2. The van der Waals surface area contributed by atoms with Crippen LogP contribution in [0.25, 0.3) is 6.08 Å². The van der Waals surface area contributed by atoms with Crippen LogP contribution in [0.2, 0.25) is 5.02 Å². The molecular formula is C11H13ClOS. The van der Waals surface area contributed by atoms with Gasteiger partial charge in [-0.05, 0) is 30.4 Å². The van der Waals surface area contributed by atoms with Gasteiger partial charge in [-0.15, -0.1) is 0 Å². The first kappa shape index (κ1) is 11.5. The molecule has 0 aliphatic carbocycles. The topological polar surface area (TPSA) is 9.23 Å². The molecule has 0 atom stereocenters. The van der Waals surface area contributed by atoms with Gasteiger partial charge < -0.3 is 4.74 Å². The lowest BCUT2D eigenvalue weighted by Gasteiger charge is -2.04. The van der Waals surface area contributed by atoms with Crippen molar-refractivity contribution in [1.29, 1.82) is 0 Å². The van der Waals surface area contributed by atoms with E-state index in [0.717, 1.165) is 28.5 Å². The van der Waals surface area contributed by atoms with E-state index in [4.69, 9.17) is 16.3 Å². The van der Waals surface area contributed by atoms with Crippen molar-refractivity contribution in [2.45, 2.75) is 6.42 Å². The third-order valence-electron chi connectivity index (χ3n) is 1.78. The van der Waals surface area contributed by atoms with E-state index in [1.165, 1.54) is 0 Å². The van der Waals surface area contributed by atoms with E-state index in [1.54, 1.807) is 7.11 Å². The van der Waals surface area contributed by atoms with Crippen molar-refractivity contribution in [3.05, 3.63) is 34.9 Å². The van der Waals surface area contributed by atoms with Crippen LogP contribution in [0.3, 0.4) is 0 Å². The Labute approximate surface area is 95.1 Å². The third kappa shape index (κ3) is 3.28. The van der Waals surface area contributed by atoms with Crippen molar-refractivity contribution >= 4 is 30.3 Å². The van der Waals surface area contributed by atoms with Gasteiger partial charge in [0.05, 0.1) is 7.11 Å². The van der Waals surface area contributed by atoms with Gasteiger partial charge in [0, 0.05) is 10.6 Å². The Hall–Kier alpha value is -0.600. The molecule has 0 saturated heterocycles. The molecule has 0 N–H and O–H groups in total. The summed E-state index contributed by atoms with van der Waals surface area (Å²) in [5.41, 5.74) is 1.00. The second-order valence-electron chi connectivity index (χ2n) is 2.80. The predicted octanol–water partition coefficient (Wildman–Crippen LogP) is 3.68. The maximum absolute atomic E-state index is 5.88. The lowest BCUT2D eigenvalue weighted by Crippen LogP contribution is -1.86. The second kappa shape index (κ2) is 5.99. The molecule has 1 nitrogen and oxygen atoms in total. The number of benzene rings is 1. The van der Waals surface area contributed by atoms with Crippen molar-refractivity contribution in [2.24, 2.45) is 0 Å². The summed E-state index contributed by atoms with van der Waals surface area (Å²) < 4.78 is 5.20. The quantitative estimate of drug-likeness (QED) is 0.774. The highest BCUT2D eigenvalue weighted by Crippen LogP contribution is 2.23. The first-order valence-corrected chi connectivity index (χ1v) is 5.40. The summed E-state index contributed by atoms with van der Waals surface area (Å²) in [5.74, 6) is 1.68. The summed E-state index contributed by atoms with van der Waals surface area (Å²) >= 11 is 10.0. The van der Waals surface area contributed by atoms with Gasteiger partial charge in [-0.1, -0.05) is 23.8 Å². The van der Waals surface area contributed by atoms with E-state index in [1.807, 2.05) is 24.3 Å². The van der Waals surface area contributed by atoms with E-state index >= 15 is 0 Å². The van der Waals surface area contributed by atoms with E-state index in [2.05, 4.69) is 18.7 Å². The van der Waals surface area contributed by atoms with E-state index < -0.39 is 0 Å². The average Bonchev–Trinajstić information content (AvgIpc) is 2.19. The fraction of sp³-hybridized carbons (Fsp3) is 0.273. The molecule has 0 amide bonds. The van der Waals surface area contributed by atoms with Crippen LogP contribution in [-0.2, 0) is 0 Å². The molecule has 0 unspecified atom stereocenters. The Bertz CT molecular complexity index is 323. The van der Waals surface area contributed by atoms with Crippen LogP contribution in [0, 0.1) is 0 Å². The predicted molar refractivity (Wildman–Crippen MR) is 65.5 cm³/mol. The number of thiol groups is 1. The maximum atomic E-state index is 5.88. The third-order valence-corrected chi connectivity index (χ3v) is 2.28. The number of rotatable bonds is 4. The van der Waals surface area contributed by atoms with Crippen molar-refractivity contribution in [3.63, 3.8) is 0 Å². The molecular weight excluding hydrogens is 216 g/mol. The van der Waals surface area contributed by atoms with Crippen molar-refractivity contribution in [3.8, 4) is 5.75 Å². The SMILES string of the molecule is COc1ccc(Cl)cc1C=CCCS. The Morgan fingerprint density at radius 3 is 2.93 bits per heavy atom. The molecule has 0 fully saturated rings. The number of hydrogen-bond donors (Lipinski definition) is 1. The van der Waals surface area contributed by atoms with Gasteiger partial charge in [-0.25, -0.2) is 0 Å². The number of allylic oxidation sites excluding steroid dienone is 1. The molecule has 0 saturated carbocycles. The number of hydrogen-bond acceptors (Lipinski definition) is 2. The number of halogens is 1. The normalized spacial score (nSPS) is 10.8. The first-order chi connectivity index (χ1) is 6.77. The van der Waals surface area contributed by atoms with Crippen LogP contribution in [0.5, 0.6) is 5.75 Å². The molecule has 0 radical (unpaired) electrons. The standard InChI is InChI=1S/C11H13ClOS/c1-13-11-6-5-10(12)8-9(11)4-2-3-7-14/h2,4-6,8,14H,3,7H2,1H3. The molecule has 76 valence electrons. The van der Waals surface area contributed by atoms with Crippen molar-refractivity contribution in [1.82, 2.24) is 0 Å². The average molecular weight is 229 g/mol. The molecule has 1 aromatic rings. The highest BCUT2D eigenvalue weighted by Gasteiger charge is 1.99. The molecule has 0 heterocycles. The van der Waals surface area contributed by atoms with E-state index in [9.17, 15) is 0 Å². The van der Waals surface area contributed by atoms with Gasteiger partial charge in [0.1, 0.15) is 5.75 Å².